The summed E-state index contributed by atoms with van der Waals surface area (Å²) in [6.45, 7) is 3.67. The molecule has 0 aliphatic rings. The van der Waals surface area contributed by atoms with Crippen molar-refractivity contribution in [1.29, 1.82) is 0 Å². The highest BCUT2D eigenvalue weighted by atomic mass is 79.9. The van der Waals surface area contributed by atoms with Crippen molar-refractivity contribution in [3.63, 3.8) is 0 Å². The molecule has 1 unspecified atom stereocenters. The minimum atomic E-state index is -0.475. The van der Waals surface area contributed by atoms with Crippen LogP contribution in [0.15, 0.2) is 40.9 Å². The molecule has 1 atom stereocenters. The SMILES string of the molecule is Cc1c(NC(C)c2cc(Br)ccc2F)cccc1C(N)=O. The normalized spacial score (nSPS) is 12.0. The summed E-state index contributed by atoms with van der Waals surface area (Å²) in [4.78, 5) is 11.4. The second-order valence-corrected chi connectivity index (χ2v) is 5.79. The van der Waals surface area contributed by atoms with E-state index in [1.807, 2.05) is 19.9 Å². The lowest BCUT2D eigenvalue weighted by atomic mass is 10.0. The van der Waals surface area contributed by atoms with Crippen molar-refractivity contribution in [2.24, 2.45) is 5.73 Å². The van der Waals surface area contributed by atoms with E-state index in [1.54, 1.807) is 24.3 Å². The molecule has 0 bridgehead atoms. The first kappa shape index (κ1) is 15.5. The molecule has 0 fully saturated rings. The van der Waals surface area contributed by atoms with E-state index in [0.29, 0.717) is 11.1 Å². The van der Waals surface area contributed by atoms with E-state index in [0.717, 1.165) is 15.7 Å². The van der Waals surface area contributed by atoms with Gasteiger partial charge in [-0.25, -0.2) is 4.39 Å². The van der Waals surface area contributed by atoms with Crippen LogP contribution in [-0.2, 0) is 0 Å². The molecule has 2 aromatic rings. The van der Waals surface area contributed by atoms with Crippen LogP contribution in [0.25, 0.3) is 0 Å². The molecule has 110 valence electrons. The number of primary amides is 1. The maximum Gasteiger partial charge on any atom is 0.249 e. The summed E-state index contributed by atoms with van der Waals surface area (Å²) < 4.78 is 14.7. The second-order valence-electron chi connectivity index (χ2n) is 4.87. The summed E-state index contributed by atoms with van der Waals surface area (Å²) in [5.74, 6) is -0.751. The Labute approximate surface area is 131 Å². The minimum absolute atomic E-state index is 0.246. The van der Waals surface area contributed by atoms with E-state index in [4.69, 9.17) is 5.73 Å². The molecule has 2 aromatic carbocycles. The van der Waals surface area contributed by atoms with Crippen molar-refractivity contribution >= 4 is 27.5 Å². The average Bonchev–Trinajstić information content (AvgIpc) is 2.43. The van der Waals surface area contributed by atoms with E-state index < -0.39 is 5.91 Å². The summed E-state index contributed by atoms with van der Waals surface area (Å²) in [5.41, 5.74) is 7.86. The molecule has 2 rings (SSSR count). The van der Waals surface area contributed by atoms with Crippen molar-refractivity contribution in [2.75, 3.05) is 5.32 Å². The molecule has 21 heavy (non-hydrogen) atoms. The fraction of sp³-hybridized carbons (Fsp3) is 0.188. The van der Waals surface area contributed by atoms with E-state index >= 15 is 0 Å². The van der Waals surface area contributed by atoms with Gasteiger partial charge in [0.1, 0.15) is 5.82 Å². The molecular weight excluding hydrogens is 335 g/mol. The summed E-state index contributed by atoms with van der Waals surface area (Å²) in [6, 6.07) is 9.83. The molecule has 0 aliphatic heterocycles. The first-order valence-corrected chi connectivity index (χ1v) is 7.30. The van der Waals surface area contributed by atoms with Crippen molar-refractivity contribution in [3.05, 3.63) is 63.4 Å². The monoisotopic (exact) mass is 350 g/mol. The zero-order valence-electron chi connectivity index (χ0n) is 11.8. The fourth-order valence-electron chi connectivity index (χ4n) is 2.22. The van der Waals surface area contributed by atoms with Gasteiger partial charge in [-0.1, -0.05) is 22.0 Å². The number of halogens is 2. The van der Waals surface area contributed by atoms with Gasteiger partial charge in [0.2, 0.25) is 5.91 Å². The first-order chi connectivity index (χ1) is 9.90. The standard InChI is InChI=1S/C16H16BrFN2O/c1-9-12(16(19)21)4-3-5-15(9)20-10(2)13-8-11(17)6-7-14(13)18/h3-8,10,20H,1-2H3,(H2,19,21). The van der Waals surface area contributed by atoms with Crippen LogP contribution in [0.1, 0.15) is 34.5 Å². The number of nitrogens with two attached hydrogens (primary N) is 1. The Morgan fingerprint density at radius 1 is 1.33 bits per heavy atom. The summed E-state index contributed by atoms with van der Waals surface area (Å²) in [6.07, 6.45) is 0. The quantitative estimate of drug-likeness (QED) is 0.869. The van der Waals surface area contributed by atoms with Crippen LogP contribution in [0.4, 0.5) is 10.1 Å². The highest BCUT2D eigenvalue weighted by Gasteiger charge is 2.14. The number of nitrogens with one attached hydrogen (secondary N) is 1. The molecule has 0 spiro atoms. The molecule has 3 nitrogen and oxygen atoms in total. The predicted octanol–water partition coefficient (Wildman–Crippen LogP) is 4.17. The Hall–Kier alpha value is -1.88. The number of hydrogen-bond donors (Lipinski definition) is 2. The lowest BCUT2D eigenvalue weighted by molar-refractivity contribution is 0.1000. The van der Waals surface area contributed by atoms with Crippen molar-refractivity contribution in [1.82, 2.24) is 0 Å². The van der Waals surface area contributed by atoms with Gasteiger partial charge >= 0.3 is 0 Å². The highest BCUT2D eigenvalue weighted by molar-refractivity contribution is 9.10. The van der Waals surface area contributed by atoms with Crippen molar-refractivity contribution in [3.8, 4) is 0 Å². The zero-order chi connectivity index (χ0) is 15.6. The highest BCUT2D eigenvalue weighted by Crippen LogP contribution is 2.27. The number of hydrogen-bond acceptors (Lipinski definition) is 2. The van der Waals surface area contributed by atoms with Crippen LogP contribution in [0.3, 0.4) is 0 Å². The number of carbonyl (C=O) groups is 1. The van der Waals surface area contributed by atoms with Gasteiger partial charge in [-0.3, -0.25) is 4.79 Å². The number of anilines is 1. The molecule has 0 radical (unpaired) electrons. The van der Waals surface area contributed by atoms with E-state index in [9.17, 15) is 9.18 Å². The van der Waals surface area contributed by atoms with E-state index in [2.05, 4.69) is 21.2 Å². The lowest BCUT2D eigenvalue weighted by Gasteiger charge is -2.19. The fourth-order valence-corrected chi connectivity index (χ4v) is 2.60. The van der Waals surface area contributed by atoms with Crippen molar-refractivity contribution in [2.45, 2.75) is 19.9 Å². The maximum absolute atomic E-state index is 13.9. The molecule has 0 heterocycles. The number of carbonyl (C=O) groups excluding carboxylic acids is 1. The number of benzene rings is 2. The van der Waals surface area contributed by atoms with E-state index in [1.165, 1.54) is 6.07 Å². The first-order valence-electron chi connectivity index (χ1n) is 6.51. The Kier molecular flexibility index (Phi) is 4.63. The summed E-state index contributed by atoms with van der Waals surface area (Å²) in [7, 11) is 0. The molecule has 3 N–H and O–H groups in total. The van der Waals surface area contributed by atoms with Gasteiger partial charge < -0.3 is 11.1 Å². The third-order valence-corrected chi connectivity index (χ3v) is 3.89. The van der Waals surface area contributed by atoms with Crippen molar-refractivity contribution < 1.29 is 9.18 Å². The average molecular weight is 351 g/mol. The van der Waals surface area contributed by atoms with Gasteiger partial charge in [-0.05, 0) is 49.7 Å². The molecule has 0 aromatic heterocycles. The van der Waals surface area contributed by atoms with E-state index in [-0.39, 0.29) is 11.9 Å². The number of amides is 1. The van der Waals surface area contributed by atoms with Crippen LogP contribution in [0, 0.1) is 12.7 Å². The molecule has 5 heteroatoms. The Morgan fingerprint density at radius 3 is 2.71 bits per heavy atom. The van der Waals surface area contributed by atoms with Gasteiger partial charge in [-0.2, -0.15) is 0 Å². The van der Waals surface area contributed by atoms with Gasteiger partial charge in [0.15, 0.2) is 0 Å². The largest absolute Gasteiger partial charge is 0.378 e. The van der Waals surface area contributed by atoms with Gasteiger partial charge in [0, 0.05) is 21.3 Å². The topological polar surface area (TPSA) is 55.1 Å². The second kappa shape index (κ2) is 6.26. The molecule has 0 aliphatic carbocycles. The number of rotatable bonds is 4. The molecule has 0 saturated heterocycles. The lowest BCUT2D eigenvalue weighted by Crippen LogP contribution is -2.15. The van der Waals surface area contributed by atoms with Gasteiger partial charge in [0.05, 0.1) is 6.04 Å². The van der Waals surface area contributed by atoms with Crippen LogP contribution >= 0.6 is 15.9 Å². The molecular formula is C16H16BrFN2O. The van der Waals surface area contributed by atoms with Crippen LogP contribution in [0.5, 0.6) is 0 Å². The maximum atomic E-state index is 13.9. The molecule has 0 saturated carbocycles. The third-order valence-electron chi connectivity index (χ3n) is 3.40. The molecule has 1 amide bonds. The Balaban J connectivity index is 2.32. The zero-order valence-corrected chi connectivity index (χ0v) is 13.4. The summed E-state index contributed by atoms with van der Waals surface area (Å²) in [5, 5.41) is 3.22. The van der Waals surface area contributed by atoms with Gasteiger partial charge in [0.25, 0.3) is 0 Å². The van der Waals surface area contributed by atoms with Crippen LogP contribution < -0.4 is 11.1 Å². The van der Waals surface area contributed by atoms with Crippen LogP contribution in [-0.4, -0.2) is 5.91 Å². The predicted molar refractivity (Wildman–Crippen MR) is 85.8 cm³/mol. The Morgan fingerprint density at radius 2 is 2.05 bits per heavy atom. The van der Waals surface area contributed by atoms with Gasteiger partial charge in [-0.15, -0.1) is 0 Å². The van der Waals surface area contributed by atoms with Crippen LogP contribution in [0.2, 0.25) is 0 Å². The smallest absolute Gasteiger partial charge is 0.249 e. The third kappa shape index (κ3) is 3.42. The summed E-state index contributed by atoms with van der Waals surface area (Å²) >= 11 is 3.34. The minimum Gasteiger partial charge on any atom is -0.378 e. The Bertz CT molecular complexity index is 688.